The van der Waals surface area contributed by atoms with Crippen LogP contribution in [0.25, 0.3) is 0 Å². The van der Waals surface area contributed by atoms with Crippen LogP contribution in [0, 0.1) is 0 Å². The Morgan fingerprint density at radius 2 is 2.19 bits per heavy atom. The summed E-state index contributed by atoms with van der Waals surface area (Å²) in [7, 11) is 0. The Hall–Kier alpha value is -1.96. The second-order valence-electron chi connectivity index (χ2n) is 2.93. The van der Waals surface area contributed by atoms with Gasteiger partial charge in [0, 0.05) is 6.54 Å². The van der Waals surface area contributed by atoms with E-state index < -0.39 is 11.9 Å². The van der Waals surface area contributed by atoms with Crippen LogP contribution < -0.4 is 11.5 Å². The van der Waals surface area contributed by atoms with Crippen molar-refractivity contribution in [2.24, 2.45) is 11.5 Å². The number of rotatable bonds is 5. The van der Waals surface area contributed by atoms with Crippen LogP contribution >= 0.6 is 0 Å². The number of aromatic nitrogens is 3. The van der Waals surface area contributed by atoms with Crippen molar-refractivity contribution in [2.45, 2.75) is 20.0 Å². The number of nitrogens with zero attached hydrogens (tertiary/aromatic N) is 3. The summed E-state index contributed by atoms with van der Waals surface area (Å²) in [4.78, 5) is 22.1. The van der Waals surface area contributed by atoms with E-state index in [4.69, 9.17) is 16.2 Å². The van der Waals surface area contributed by atoms with Gasteiger partial charge in [-0.1, -0.05) is 5.21 Å². The molecule has 4 N–H and O–H groups in total. The van der Waals surface area contributed by atoms with Crippen LogP contribution in [-0.2, 0) is 22.6 Å². The van der Waals surface area contributed by atoms with Crippen LogP contribution in [-0.4, -0.2) is 33.5 Å². The van der Waals surface area contributed by atoms with Gasteiger partial charge in [-0.15, -0.1) is 5.10 Å². The SMILES string of the molecule is CCOC(=O)c1nnn(CC(N)=O)c1CN. The van der Waals surface area contributed by atoms with Gasteiger partial charge in [-0.05, 0) is 6.92 Å². The van der Waals surface area contributed by atoms with Gasteiger partial charge >= 0.3 is 5.97 Å². The molecule has 1 aromatic heterocycles. The Morgan fingerprint density at radius 3 is 2.69 bits per heavy atom. The first-order chi connectivity index (χ1) is 7.60. The van der Waals surface area contributed by atoms with E-state index in [1.807, 2.05) is 0 Å². The van der Waals surface area contributed by atoms with Crippen molar-refractivity contribution >= 4 is 11.9 Å². The van der Waals surface area contributed by atoms with Crippen LogP contribution in [0.1, 0.15) is 23.1 Å². The van der Waals surface area contributed by atoms with E-state index in [0.29, 0.717) is 5.69 Å². The third-order valence-corrected chi connectivity index (χ3v) is 1.81. The minimum Gasteiger partial charge on any atom is -0.461 e. The molecule has 0 radical (unpaired) electrons. The van der Waals surface area contributed by atoms with E-state index >= 15 is 0 Å². The molecule has 16 heavy (non-hydrogen) atoms. The van der Waals surface area contributed by atoms with Crippen LogP contribution in [0.15, 0.2) is 0 Å². The zero-order chi connectivity index (χ0) is 12.1. The number of primary amides is 1. The van der Waals surface area contributed by atoms with E-state index in [2.05, 4.69) is 10.3 Å². The lowest BCUT2D eigenvalue weighted by Gasteiger charge is -2.03. The van der Waals surface area contributed by atoms with E-state index in [-0.39, 0.29) is 25.4 Å². The maximum atomic E-state index is 11.4. The number of hydrogen-bond acceptors (Lipinski definition) is 6. The minimum atomic E-state index is -0.612. The minimum absolute atomic E-state index is 0.0191. The first-order valence-corrected chi connectivity index (χ1v) is 4.68. The molecule has 0 saturated carbocycles. The summed E-state index contributed by atoms with van der Waals surface area (Å²) in [6.07, 6.45) is 0. The van der Waals surface area contributed by atoms with Crippen molar-refractivity contribution in [3.8, 4) is 0 Å². The third kappa shape index (κ3) is 2.54. The third-order valence-electron chi connectivity index (χ3n) is 1.81. The first kappa shape index (κ1) is 12.1. The molecule has 0 aliphatic heterocycles. The lowest BCUT2D eigenvalue weighted by atomic mass is 10.3. The van der Waals surface area contributed by atoms with Gasteiger partial charge < -0.3 is 16.2 Å². The summed E-state index contributed by atoms with van der Waals surface area (Å²) < 4.78 is 5.95. The van der Waals surface area contributed by atoms with E-state index in [1.165, 1.54) is 4.68 Å². The Morgan fingerprint density at radius 1 is 1.50 bits per heavy atom. The quantitative estimate of drug-likeness (QED) is 0.583. The molecule has 0 fully saturated rings. The van der Waals surface area contributed by atoms with Gasteiger partial charge in [-0.25, -0.2) is 9.48 Å². The van der Waals surface area contributed by atoms with Gasteiger partial charge in [0.1, 0.15) is 6.54 Å². The molecule has 88 valence electrons. The number of carbonyl (C=O) groups is 2. The van der Waals surface area contributed by atoms with Crippen molar-refractivity contribution in [2.75, 3.05) is 6.61 Å². The predicted octanol–water partition coefficient (Wildman–Crippen LogP) is -1.60. The highest BCUT2D eigenvalue weighted by atomic mass is 16.5. The van der Waals surface area contributed by atoms with E-state index in [0.717, 1.165) is 0 Å². The monoisotopic (exact) mass is 227 g/mol. The number of ether oxygens (including phenoxy) is 1. The summed E-state index contributed by atoms with van der Waals surface area (Å²) in [6, 6.07) is 0. The van der Waals surface area contributed by atoms with Gasteiger partial charge in [0.15, 0.2) is 5.69 Å². The molecular formula is C8H13N5O3. The molecule has 0 atom stereocenters. The van der Waals surface area contributed by atoms with Gasteiger partial charge in [-0.2, -0.15) is 0 Å². The standard InChI is InChI=1S/C8H13N5O3/c1-2-16-8(15)7-5(3-9)13(12-11-7)4-6(10)14/h2-4,9H2,1H3,(H2,10,14). The van der Waals surface area contributed by atoms with Gasteiger partial charge in [0.05, 0.1) is 12.3 Å². The lowest BCUT2D eigenvalue weighted by Crippen LogP contribution is -2.22. The Labute approximate surface area is 91.5 Å². The smallest absolute Gasteiger partial charge is 0.360 e. The van der Waals surface area contributed by atoms with Crippen molar-refractivity contribution < 1.29 is 14.3 Å². The summed E-state index contributed by atoms with van der Waals surface area (Å²) in [5, 5.41) is 7.22. The number of esters is 1. The largest absolute Gasteiger partial charge is 0.461 e. The van der Waals surface area contributed by atoms with Crippen molar-refractivity contribution in [1.29, 1.82) is 0 Å². The molecule has 8 nitrogen and oxygen atoms in total. The van der Waals surface area contributed by atoms with E-state index in [9.17, 15) is 9.59 Å². The average Bonchev–Trinajstić information content (AvgIpc) is 2.60. The molecule has 0 bridgehead atoms. The molecular weight excluding hydrogens is 214 g/mol. The van der Waals surface area contributed by atoms with Crippen molar-refractivity contribution in [3.63, 3.8) is 0 Å². The highest BCUT2D eigenvalue weighted by Gasteiger charge is 2.20. The molecule has 1 aromatic rings. The molecule has 1 amide bonds. The normalized spacial score (nSPS) is 10.1. The number of carbonyl (C=O) groups excluding carboxylic acids is 2. The van der Waals surface area contributed by atoms with Gasteiger partial charge in [0.25, 0.3) is 0 Å². The second-order valence-corrected chi connectivity index (χ2v) is 2.93. The molecule has 0 aromatic carbocycles. The molecule has 0 unspecified atom stereocenters. The summed E-state index contributed by atoms with van der Waals surface area (Å²) >= 11 is 0. The second kappa shape index (κ2) is 5.21. The maximum Gasteiger partial charge on any atom is 0.360 e. The Bertz CT molecular complexity index is 400. The molecule has 0 aliphatic carbocycles. The highest BCUT2D eigenvalue weighted by molar-refractivity contribution is 5.88. The van der Waals surface area contributed by atoms with Crippen LogP contribution in [0.5, 0.6) is 0 Å². The Balaban J connectivity index is 2.98. The van der Waals surface area contributed by atoms with Crippen molar-refractivity contribution in [1.82, 2.24) is 15.0 Å². The average molecular weight is 227 g/mol. The summed E-state index contributed by atoms with van der Waals surface area (Å²) in [5.41, 5.74) is 10.8. The summed E-state index contributed by atoms with van der Waals surface area (Å²) in [5.74, 6) is -1.20. The van der Waals surface area contributed by atoms with Crippen LogP contribution in [0.4, 0.5) is 0 Å². The topological polar surface area (TPSA) is 126 Å². The molecule has 1 heterocycles. The van der Waals surface area contributed by atoms with E-state index in [1.54, 1.807) is 6.92 Å². The lowest BCUT2D eigenvalue weighted by molar-refractivity contribution is -0.118. The fourth-order valence-corrected chi connectivity index (χ4v) is 1.17. The number of nitrogens with two attached hydrogens (primary N) is 2. The highest BCUT2D eigenvalue weighted by Crippen LogP contribution is 2.06. The zero-order valence-corrected chi connectivity index (χ0v) is 8.84. The fraction of sp³-hybridized carbons (Fsp3) is 0.500. The molecule has 8 heteroatoms. The van der Waals surface area contributed by atoms with Gasteiger partial charge in [-0.3, -0.25) is 4.79 Å². The Kier molecular flexibility index (Phi) is 3.95. The fourth-order valence-electron chi connectivity index (χ4n) is 1.17. The first-order valence-electron chi connectivity index (χ1n) is 4.68. The zero-order valence-electron chi connectivity index (χ0n) is 8.84. The maximum absolute atomic E-state index is 11.4. The van der Waals surface area contributed by atoms with Crippen molar-refractivity contribution in [3.05, 3.63) is 11.4 Å². The number of hydrogen-bond donors (Lipinski definition) is 2. The van der Waals surface area contributed by atoms with Crippen LogP contribution in [0.3, 0.4) is 0 Å². The predicted molar refractivity (Wildman–Crippen MR) is 53.1 cm³/mol. The summed E-state index contributed by atoms with van der Waals surface area (Å²) in [6.45, 7) is 1.76. The number of amides is 1. The van der Waals surface area contributed by atoms with Gasteiger partial charge in [0.2, 0.25) is 5.91 Å². The molecule has 1 rings (SSSR count). The molecule has 0 saturated heterocycles. The molecule has 0 aliphatic rings. The molecule has 0 spiro atoms. The van der Waals surface area contributed by atoms with Crippen LogP contribution in [0.2, 0.25) is 0 Å².